The van der Waals surface area contributed by atoms with Crippen LogP contribution in [-0.4, -0.2) is 46.0 Å². The summed E-state index contributed by atoms with van der Waals surface area (Å²) < 4.78 is 0. The summed E-state index contributed by atoms with van der Waals surface area (Å²) in [5, 5.41) is 22.2. The first kappa shape index (κ1) is 16.9. The largest absolute Gasteiger partial charge is 0.394 e. The van der Waals surface area contributed by atoms with E-state index in [0.29, 0.717) is 17.8 Å². The second-order valence-corrected chi connectivity index (χ2v) is 5.60. The maximum absolute atomic E-state index is 11.9. The minimum absolute atomic E-state index is 0.281. The summed E-state index contributed by atoms with van der Waals surface area (Å²) in [6.07, 6.45) is 9.97. The SMILES string of the molecule is O=C1ON=C(c2ccccc2)/C1=C/C=C1C=CN(C[C@@H](O)CO)C=C1. The molecule has 3 rings (SSSR count). The Bertz CT molecular complexity index is 775. The lowest BCUT2D eigenvalue weighted by molar-refractivity contribution is -0.136. The molecule has 1 aromatic rings. The fourth-order valence-corrected chi connectivity index (χ4v) is 2.42. The number of rotatable bonds is 5. The highest BCUT2D eigenvalue weighted by Gasteiger charge is 2.25. The quantitative estimate of drug-likeness (QED) is 0.628. The van der Waals surface area contributed by atoms with Crippen LogP contribution >= 0.6 is 0 Å². The maximum Gasteiger partial charge on any atom is 0.368 e. The minimum atomic E-state index is -0.792. The summed E-state index contributed by atoms with van der Waals surface area (Å²) in [4.78, 5) is 18.5. The molecule has 2 heterocycles. The van der Waals surface area contributed by atoms with Crippen molar-refractivity contribution in [1.82, 2.24) is 4.90 Å². The summed E-state index contributed by atoms with van der Waals surface area (Å²) in [6, 6.07) is 9.38. The third kappa shape index (κ3) is 4.12. The molecule has 0 amide bonds. The monoisotopic (exact) mass is 338 g/mol. The Hall–Kier alpha value is -2.96. The molecule has 2 aliphatic heterocycles. The van der Waals surface area contributed by atoms with Crippen molar-refractivity contribution >= 4 is 11.7 Å². The van der Waals surface area contributed by atoms with E-state index in [1.54, 1.807) is 29.5 Å². The van der Waals surface area contributed by atoms with Gasteiger partial charge in [0, 0.05) is 18.0 Å². The van der Waals surface area contributed by atoms with Gasteiger partial charge < -0.3 is 20.0 Å². The van der Waals surface area contributed by atoms with Crippen LogP contribution in [0.4, 0.5) is 0 Å². The van der Waals surface area contributed by atoms with E-state index in [1.807, 2.05) is 42.5 Å². The number of carbonyl (C=O) groups excluding carboxylic acids is 1. The van der Waals surface area contributed by atoms with Crippen molar-refractivity contribution in [3.05, 3.63) is 83.7 Å². The van der Waals surface area contributed by atoms with Crippen LogP contribution in [0.25, 0.3) is 0 Å². The Labute approximate surface area is 145 Å². The average Bonchev–Trinajstić information content (AvgIpc) is 3.02. The third-order valence-electron chi connectivity index (χ3n) is 3.73. The van der Waals surface area contributed by atoms with Crippen molar-refractivity contribution in [1.29, 1.82) is 0 Å². The highest BCUT2D eigenvalue weighted by atomic mass is 16.7. The van der Waals surface area contributed by atoms with Crippen molar-refractivity contribution < 1.29 is 19.8 Å². The number of aliphatic hydroxyl groups excluding tert-OH is 2. The third-order valence-corrected chi connectivity index (χ3v) is 3.73. The van der Waals surface area contributed by atoms with E-state index < -0.39 is 12.1 Å². The number of allylic oxidation sites excluding steroid dienone is 5. The average molecular weight is 338 g/mol. The van der Waals surface area contributed by atoms with Crippen molar-refractivity contribution in [3.63, 3.8) is 0 Å². The topological polar surface area (TPSA) is 82.4 Å². The molecule has 0 fully saturated rings. The van der Waals surface area contributed by atoms with Crippen LogP contribution in [0, 0.1) is 0 Å². The zero-order valence-electron chi connectivity index (χ0n) is 13.4. The smallest absolute Gasteiger partial charge is 0.368 e. The van der Waals surface area contributed by atoms with Crippen molar-refractivity contribution in [2.75, 3.05) is 13.2 Å². The number of benzene rings is 1. The number of nitrogens with zero attached hydrogens (tertiary/aromatic N) is 2. The number of carbonyl (C=O) groups is 1. The van der Waals surface area contributed by atoms with Crippen LogP contribution in [0.3, 0.4) is 0 Å². The number of aliphatic hydroxyl groups is 2. The van der Waals surface area contributed by atoms with Gasteiger partial charge in [-0.05, 0) is 23.8 Å². The molecular formula is C19H18N2O4. The van der Waals surface area contributed by atoms with Gasteiger partial charge in [0.05, 0.1) is 24.8 Å². The second-order valence-electron chi connectivity index (χ2n) is 5.60. The minimum Gasteiger partial charge on any atom is -0.394 e. The molecule has 1 aromatic carbocycles. The van der Waals surface area contributed by atoms with Gasteiger partial charge in [0.1, 0.15) is 5.71 Å². The van der Waals surface area contributed by atoms with Crippen LogP contribution in [0.5, 0.6) is 0 Å². The van der Waals surface area contributed by atoms with Crippen molar-refractivity contribution in [2.24, 2.45) is 5.16 Å². The molecule has 0 saturated heterocycles. The van der Waals surface area contributed by atoms with Gasteiger partial charge >= 0.3 is 5.97 Å². The van der Waals surface area contributed by atoms with Crippen LogP contribution in [0.15, 0.2) is 83.3 Å². The molecular weight excluding hydrogens is 320 g/mol. The Kier molecular flexibility index (Phi) is 5.23. The lowest BCUT2D eigenvalue weighted by Gasteiger charge is -2.20. The lowest BCUT2D eigenvalue weighted by atomic mass is 10.0. The van der Waals surface area contributed by atoms with E-state index in [0.717, 1.165) is 11.1 Å². The number of oxime groups is 1. The molecule has 0 aromatic heterocycles. The van der Waals surface area contributed by atoms with Gasteiger partial charge in [-0.2, -0.15) is 0 Å². The second kappa shape index (κ2) is 7.74. The Morgan fingerprint density at radius 3 is 2.56 bits per heavy atom. The highest BCUT2D eigenvalue weighted by molar-refractivity contribution is 6.28. The molecule has 0 bridgehead atoms. The van der Waals surface area contributed by atoms with Gasteiger partial charge in [-0.25, -0.2) is 4.79 Å². The van der Waals surface area contributed by atoms with E-state index >= 15 is 0 Å². The maximum atomic E-state index is 11.9. The molecule has 2 N–H and O–H groups in total. The van der Waals surface area contributed by atoms with Gasteiger partial charge in [0.15, 0.2) is 0 Å². The van der Waals surface area contributed by atoms with Crippen molar-refractivity contribution in [2.45, 2.75) is 6.10 Å². The molecule has 0 unspecified atom stereocenters. The van der Waals surface area contributed by atoms with Gasteiger partial charge in [0.25, 0.3) is 0 Å². The standard InChI is InChI=1S/C19H18N2O4/c22-13-16(23)12-21-10-8-14(9-11-21)6-7-17-18(20-25-19(17)24)15-4-2-1-3-5-15/h1-11,16,22-23H,12-13H2/b17-7-/t16-/m1/s1. The summed E-state index contributed by atoms with van der Waals surface area (Å²) in [6.45, 7) is 0.0334. The first-order valence-electron chi connectivity index (χ1n) is 7.85. The van der Waals surface area contributed by atoms with E-state index in [4.69, 9.17) is 9.94 Å². The molecule has 128 valence electrons. The molecule has 25 heavy (non-hydrogen) atoms. The molecule has 0 saturated carbocycles. The van der Waals surface area contributed by atoms with Gasteiger partial charge in [-0.15, -0.1) is 0 Å². The fraction of sp³-hybridized carbons (Fsp3) is 0.158. The zero-order chi connectivity index (χ0) is 17.6. The van der Waals surface area contributed by atoms with E-state index in [2.05, 4.69) is 5.16 Å². The lowest BCUT2D eigenvalue weighted by Crippen LogP contribution is -2.27. The van der Waals surface area contributed by atoms with E-state index in [-0.39, 0.29) is 6.61 Å². The number of hydrogen-bond acceptors (Lipinski definition) is 6. The van der Waals surface area contributed by atoms with Crippen LogP contribution in [0.2, 0.25) is 0 Å². The molecule has 0 radical (unpaired) electrons. The fourth-order valence-electron chi connectivity index (χ4n) is 2.42. The van der Waals surface area contributed by atoms with Crippen LogP contribution in [-0.2, 0) is 9.63 Å². The summed E-state index contributed by atoms with van der Waals surface area (Å²) >= 11 is 0. The molecule has 6 nitrogen and oxygen atoms in total. The Balaban J connectivity index is 1.74. The van der Waals surface area contributed by atoms with Gasteiger partial charge in [-0.3, -0.25) is 0 Å². The Morgan fingerprint density at radius 2 is 1.88 bits per heavy atom. The van der Waals surface area contributed by atoms with Crippen molar-refractivity contribution in [3.8, 4) is 0 Å². The summed E-state index contributed by atoms with van der Waals surface area (Å²) in [5.41, 5.74) is 2.61. The van der Waals surface area contributed by atoms with Gasteiger partial charge in [0.2, 0.25) is 0 Å². The van der Waals surface area contributed by atoms with Crippen LogP contribution < -0.4 is 0 Å². The number of hydrogen-bond donors (Lipinski definition) is 2. The molecule has 0 spiro atoms. The first-order chi connectivity index (χ1) is 12.2. The molecule has 6 heteroatoms. The summed E-state index contributed by atoms with van der Waals surface area (Å²) in [5.74, 6) is -0.479. The number of β-amino-alcohol motifs (C(OH)–C–C–N with tert-alkyl or cyclic N) is 1. The highest BCUT2D eigenvalue weighted by Crippen LogP contribution is 2.19. The molecule has 2 aliphatic rings. The predicted molar refractivity (Wildman–Crippen MR) is 93.3 cm³/mol. The molecule has 0 aliphatic carbocycles. The first-order valence-corrected chi connectivity index (χ1v) is 7.85. The van der Waals surface area contributed by atoms with E-state index in [9.17, 15) is 9.90 Å². The summed E-state index contributed by atoms with van der Waals surface area (Å²) in [7, 11) is 0. The van der Waals surface area contributed by atoms with E-state index in [1.165, 1.54) is 0 Å². The van der Waals surface area contributed by atoms with Gasteiger partial charge in [-0.1, -0.05) is 41.6 Å². The van der Waals surface area contributed by atoms with Crippen LogP contribution in [0.1, 0.15) is 5.56 Å². The molecule has 1 atom stereocenters. The predicted octanol–water partition coefficient (Wildman–Crippen LogP) is 1.50. The normalized spacial score (nSPS) is 19.2. The Morgan fingerprint density at radius 1 is 1.16 bits per heavy atom. The zero-order valence-corrected chi connectivity index (χ0v) is 13.4.